The van der Waals surface area contributed by atoms with Crippen LogP contribution in [0.3, 0.4) is 0 Å². The zero-order valence-electron chi connectivity index (χ0n) is 11.6. The van der Waals surface area contributed by atoms with E-state index in [1.807, 2.05) is 31.2 Å². The molecule has 1 aromatic carbocycles. The highest BCUT2D eigenvalue weighted by atomic mass is 35.6. The van der Waals surface area contributed by atoms with Crippen LogP contribution in [0.4, 0.5) is 0 Å². The van der Waals surface area contributed by atoms with Crippen molar-refractivity contribution in [2.45, 2.75) is 23.2 Å². The van der Waals surface area contributed by atoms with Crippen LogP contribution in [0.25, 0.3) is 0 Å². The number of benzene rings is 1. The molecule has 8 heteroatoms. The van der Waals surface area contributed by atoms with Gasteiger partial charge >= 0.3 is 0 Å². The van der Waals surface area contributed by atoms with E-state index < -0.39 is 3.79 Å². The van der Waals surface area contributed by atoms with Gasteiger partial charge in [0.05, 0.1) is 12.3 Å². The molecule has 0 saturated carbocycles. The van der Waals surface area contributed by atoms with Crippen LogP contribution in [0, 0.1) is 0 Å². The topological polar surface area (TPSA) is 88.8 Å². The fraction of sp³-hybridized carbons (Fsp3) is 0.385. The maximum Gasteiger partial charge on any atom is 0.211 e. The van der Waals surface area contributed by atoms with E-state index in [2.05, 4.69) is 15.5 Å². The molecule has 1 atom stereocenters. The summed E-state index contributed by atoms with van der Waals surface area (Å²) in [6.45, 7) is 2.80. The van der Waals surface area contributed by atoms with E-state index >= 15 is 0 Å². The first-order valence-corrected chi connectivity index (χ1v) is 7.50. The van der Waals surface area contributed by atoms with E-state index in [-0.39, 0.29) is 12.0 Å². The molecule has 1 unspecified atom stereocenters. The van der Waals surface area contributed by atoms with E-state index in [0.717, 1.165) is 24.1 Å². The van der Waals surface area contributed by atoms with Gasteiger partial charge in [0.1, 0.15) is 0 Å². The second-order valence-corrected chi connectivity index (χ2v) is 6.73. The fourth-order valence-electron chi connectivity index (χ4n) is 1.65. The first-order chi connectivity index (χ1) is 9.84. The Morgan fingerprint density at radius 1 is 1.29 bits per heavy atom. The standard InChI is InChI=1S/C13H18Cl3N5/c1-2-7-19-11(13(14,15)16)10-5-3-9(4-6-10)8-20-21-12(17)18/h3-6,8,11,19H,2,7H2,1H3,(H4,17,18,21)/b20-8+. The molecule has 0 saturated heterocycles. The molecular formula is C13H18Cl3N5. The van der Waals surface area contributed by atoms with Gasteiger partial charge < -0.3 is 16.8 Å². The third-order valence-electron chi connectivity index (χ3n) is 2.58. The second-order valence-electron chi connectivity index (χ2n) is 4.36. The molecule has 0 aromatic heterocycles. The number of nitrogens with one attached hydrogen (secondary N) is 1. The zero-order chi connectivity index (χ0) is 15.9. The van der Waals surface area contributed by atoms with Crippen LogP contribution in [0.15, 0.2) is 34.5 Å². The van der Waals surface area contributed by atoms with Crippen LogP contribution in [0.5, 0.6) is 0 Å². The van der Waals surface area contributed by atoms with E-state index in [0.29, 0.717) is 0 Å². The maximum atomic E-state index is 6.02. The third kappa shape index (κ3) is 6.52. The molecule has 1 aromatic rings. The number of hydrogen-bond acceptors (Lipinski definition) is 3. The monoisotopic (exact) mass is 349 g/mol. The lowest BCUT2D eigenvalue weighted by atomic mass is 10.1. The van der Waals surface area contributed by atoms with Gasteiger partial charge in [-0.3, -0.25) is 0 Å². The van der Waals surface area contributed by atoms with Crippen molar-refractivity contribution >= 4 is 47.0 Å². The van der Waals surface area contributed by atoms with Gasteiger partial charge in [0, 0.05) is 0 Å². The molecule has 0 heterocycles. The number of rotatable bonds is 6. The Hall–Kier alpha value is -1.01. The molecule has 0 aliphatic rings. The van der Waals surface area contributed by atoms with Gasteiger partial charge in [-0.05, 0) is 24.1 Å². The normalized spacial score (nSPS) is 13.3. The molecule has 1 rings (SSSR count). The van der Waals surface area contributed by atoms with E-state index in [1.165, 1.54) is 6.21 Å². The van der Waals surface area contributed by atoms with Gasteiger partial charge in [0.2, 0.25) is 9.75 Å². The van der Waals surface area contributed by atoms with Gasteiger partial charge in [-0.25, -0.2) is 0 Å². The molecule has 21 heavy (non-hydrogen) atoms. The molecule has 0 fully saturated rings. The largest absolute Gasteiger partial charge is 0.369 e. The summed E-state index contributed by atoms with van der Waals surface area (Å²) >= 11 is 18.1. The molecule has 0 spiro atoms. The number of nitrogens with zero attached hydrogens (tertiary/aromatic N) is 2. The molecule has 116 valence electrons. The van der Waals surface area contributed by atoms with Crippen molar-refractivity contribution in [1.82, 2.24) is 5.32 Å². The minimum atomic E-state index is -1.43. The average molecular weight is 351 g/mol. The molecule has 0 aliphatic carbocycles. The highest BCUT2D eigenvalue weighted by Gasteiger charge is 2.33. The van der Waals surface area contributed by atoms with Crippen molar-refractivity contribution in [3.63, 3.8) is 0 Å². The number of halogens is 3. The highest BCUT2D eigenvalue weighted by Crippen LogP contribution is 2.39. The van der Waals surface area contributed by atoms with Crippen LogP contribution in [0.1, 0.15) is 30.5 Å². The van der Waals surface area contributed by atoms with Crippen molar-refractivity contribution in [2.24, 2.45) is 21.7 Å². The minimum absolute atomic E-state index is 0.0945. The third-order valence-corrected chi connectivity index (χ3v) is 3.23. The first-order valence-electron chi connectivity index (χ1n) is 6.36. The lowest BCUT2D eigenvalue weighted by molar-refractivity contribution is 0.539. The molecule has 0 amide bonds. The van der Waals surface area contributed by atoms with Crippen LogP contribution < -0.4 is 16.8 Å². The minimum Gasteiger partial charge on any atom is -0.369 e. The Morgan fingerprint density at radius 3 is 2.38 bits per heavy atom. The van der Waals surface area contributed by atoms with Crippen LogP contribution in [0.2, 0.25) is 0 Å². The van der Waals surface area contributed by atoms with E-state index in [4.69, 9.17) is 46.3 Å². The van der Waals surface area contributed by atoms with Crippen molar-refractivity contribution in [1.29, 1.82) is 0 Å². The molecular weight excluding hydrogens is 333 g/mol. The second kappa shape index (κ2) is 8.44. The Kier molecular flexibility index (Phi) is 7.25. The number of hydrogen-bond donors (Lipinski definition) is 3. The van der Waals surface area contributed by atoms with E-state index in [1.54, 1.807) is 0 Å². The van der Waals surface area contributed by atoms with Gasteiger partial charge in [0.25, 0.3) is 0 Å². The summed E-state index contributed by atoms with van der Waals surface area (Å²) in [7, 11) is 0. The lowest BCUT2D eigenvalue weighted by Crippen LogP contribution is -2.32. The number of alkyl halides is 3. The summed E-state index contributed by atoms with van der Waals surface area (Å²) in [6.07, 6.45) is 2.48. The predicted molar refractivity (Wildman–Crippen MR) is 91.2 cm³/mol. The van der Waals surface area contributed by atoms with Gasteiger partial charge in [-0.1, -0.05) is 66.0 Å². The quantitative estimate of drug-likeness (QED) is 0.319. The Morgan fingerprint density at radius 2 is 1.90 bits per heavy atom. The number of guanidine groups is 1. The number of nitrogens with two attached hydrogens (primary N) is 2. The van der Waals surface area contributed by atoms with Crippen LogP contribution in [-0.4, -0.2) is 22.5 Å². The van der Waals surface area contributed by atoms with E-state index in [9.17, 15) is 0 Å². The summed E-state index contributed by atoms with van der Waals surface area (Å²) in [5.74, 6) is -0.0945. The first kappa shape index (κ1) is 18.0. The molecule has 5 N–H and O–H groups in total. The van der Waals surface area contributed by atoms with Crippen LogP contribution in [-0.2, 0) is 0 Å². The average Bonchev–Trinajstić information content (AvgIpc) is 2.39. The molecule has 5 nitrogen and oxygen atoms in total. The highest BCUT2D eigenvalue weighted by molar-refractivity contribution is 6.68. The Balaban J connectivity index is 2.87. The van der Waals surface area contributed by atoms with Crippen molar-refractivity contribution in [2.75, 3.05) is 6.54 Å². The molecule has 0 aliphatic heterocycles. The van der Waals surface area contributed by atoms with Crippen molar-refractivity contribution in [3.05, 3.63) is 35.4 Å². The maximum absolute atomic E-state index is 6.02. The summed E-state index contributed by atoms with van der Waals surface area (Å²) in [5.41, 5.74) is 12.1. The summed E-state index contributed by atoms with van der Waals surface area (Å²) in [5, 5.41) is 10.5. The fourth-order valence-corrected chi connectivity index (χ4v) is 2.26. The van der Waals surface area contributed by atoms with Gasteiger partial charge in [0.15, 0.2) is 0 Å². The van der Waals surface area contributed by atoms with Gasteiger partial charge in [-0.15, -0.1) is 5.10 Å². The Bertz CT molecular complexity index is 490. The predicted octanol–water partition coefficient (Wildman–Crippen LogP) is 2.70. The van der Waals surface area contributed by atoms with Crippen molar-refractivity contribution < 1.29 is 0 Å². The van der Waals surface area contributed by atoms with Crippen LogP contribution >= 0.6 is 34.8 Å². The summed E-state index contributed by atoms with van der Waals surface area (Å²) in [6, 6.07) is 7.04. The molecule has 0 radical (unpaired) electrons. The van der Waals surface area contributed by atoms with Crippen molar-refractivity contribution in [3.8, 4) is 0 Å². The smallest absolute Gasteiger partial charge is 0.211 e. The summed E-state index contributed by atoms with van der Waals surface area (Å²) in [4.78, 5) is 0. The molecule has 0 bridgehead atoms. The Labute approximate surface area is 139 Å². The van der Waals surface area contributed by atoms with Gasteiger partial charge in [-0.2, -0.15) is 5.10 Å². The SMILES string of the molecule is CCCNC(c1ccc(/C=N/N=C(N)N)cc1)C(Cl)(Cl)Cl. The summed E-state index contributed by atoms with van der Waals surface area (Å²) < 4.78 is -1.43. The lowest BCUT2D eigenvalue weighted by Gasteiger charge is -2.26. The zero-order valence-corrected chi connectivity index (χ0v) is 13.8.